The Balaban J connectivity index is 2.83. The molecule has 0 heterocycles. The van der Waals surface area contributed by atoms with Gasteiger partial charge < -0.3 is 11.1 Å². The lowest BCUT2D eigenvalue weighted by atomic mass is 10.2. The van der Waals surface area contributed by atoms with Crippen LogP contribution in [-0.2, 0) is 14.8 Å². The van der Waals surface area contributed by atoms with Crippen LogP contribution in [0.4, 0.5) is 11.4 Å². The van der Waals surface area contributed by atoms with Crippen molar-refractivity contribution in [2.45, 2.75) is 13.0 Å². The first-order chi connectivity index (χ1) is 7.78. The van der Waals surface area contributed by atoms with Gasteiger partial charge in [-0.15, -0.1) is 0 Å². The number of carbonyl (C=O) groups is 1. The molecule has 6 nitrogen and oxygen atoms in total. The molecule has 0 fully saturated rings. The van der Waals surface area contributed by atoms with Gasteiger partial charge in [0, 0.05) is 5.69 Å². The van der Waals surface area contributed by atoms with Crippen LogP contribution in [0.5, 0.6) is 0 Å². The van der Waals surface area contributed by atoms with E-state index in [0.717, 1.165) is 6.26 Å². The smallest absolute Gasteiger partial charge is 0.240 e. The Morgan fingerprint density at radius 2 is 1.94 bits per heavy atom. The molecule has 0 radical (unpaired) electrons. The minimum atomic E-state index is -3.33. The number of sulfonamides is 1. The zero-order valence-corrected chi connectivity index (χ0v) is 10.4. The summed E-state index contributed by atoms with van der Waals surface area (Å²) in [5.41, 5.74) is 6.27. The third-order valence-electron chi connectivity index (χ3n) is 1.85. The van der Waals surface area contributed by atoms with Crippen LogP contribution in [0, 0.1) is 0 Å². The third-order valence-corrected chi connectivity index (χ3v) is 2.45. The number of rotatable bonds is 4. The Morgan fingerprint density at radius 3 is 2.47 bits per heavy atom. The van der Waals surface area contributed by atoms with Gasteiger partial charge in [0.25, 0.3) is 0 Å². The number of carbonyl (C=O) groups excluding carboxylic acids is 1. The molecule has 1 rings (SSSR count). The lowest BCUT2D eigenvalue weighted by molar-refractivity contribution is -0.117. The molecule has 0 aromatic heterocycles. The van der Waals surface area contributed by atoms with Crippen LogP contribution in [0.3, 0.4) is 0 Å². The highest BCUT2D eigenvalue weighted by Crippen LogP contribution is 2.16. The van der Waals surface area contributed by atoms with Crippen LogP contribution in [-0.4, -0.2) is 26.6 Å². The number of hydrogen-bond donors (Lipinski definition) is 3. The number of nitrogens with one attached hydrogen (secondary N) is 2. The zero-order valence-electron chi connectivity index (χ0n) is 9.60. The standard InChI is InChI=1S/C10H15N3O3S/c1-7(11)10(14)12-8-4-3-5-9(6-8)13-17(2,15)16/h3-7,13H,11H2,1-2H3,(H,12,14). The molecule has 0 saturated heterocycles. The first-order valence-corrected chi connectivity index (χ1v) is 6.81. The van der Waals surface area contributed by atoms with Crippen molar-refractivity contribution in [3.05, 3.63) is 24.3 Å². The van der Waals surface area contributed by atoms with Crippen molar-refractivity contribution in [1.29, 1.82) is 0 Å². The zero-order chi connectivity index (χ0) is 13.1. The molecule has 0 aliphatic rings. The number of amides is 1. The minimum Gasteiger partial charge on any atom is -0.325 e. The molecule has 0 aliphatic carbocycles. The van der Waals surface area contributed by atoms with Crippen LogP contribution in [0.15, 0.2) is 24.3 Å². The molecule has 4 N–H and O–H groups in total. The van der Waals surface area contributed by atoms with Crippen molar-refractivity contribution in [2.75, 3.05) is 16.3 Å². The molecule has 1 amide bonds. The Bertz CT molecular complexity index is 511. The Labute approximate surface area is 100 Å². The van der Waals surface area contributed by atoms with E-state index in [1.807, 2.05) is 0 Å². The van der Waals surface area contributed by atoms with Gasteiger partial charge in [-0.1, -0.05) is 6.07 Å². The molecule has 7 heteroatoms. The van der Waals surface area contributed by atoms with Crippen LogP contribution < -0.4 is 15.8 Å². The average molecular weight is 257 g/mol. The largest absolute Gasteiger partial charge is 0.325 e. The van der Waals surface area contributed by atoms with Crippen molar-refractivity contribution in [1.82, 2.24) is 0 Å². The number of nitrogens with two attached hydrogens (primary N) is 1. The van der Waals surface area contributed by atoms with Crippen molar-refractivity contribution in [2.24, 2.45) is 5.73 Å². The maximum Gasteiger partial charge on any atom is 0.240 e. The molecule has 1 unspecified atom stereocenters. The van der Waals surface area contributed by atoms with Gasteiger partial charge in [0.2, 0.25) is 15.9 Å². The van der Waals surface area contributed by atoms with Gasteiger partial charge in [0.15, 0.2) is 0 Å². The van der Waals surface area contributed by atoms with E-state index in [0.29, 0.717) is 11.4 Å². The molecule has 94 valence electrons. The summed E-state index contributed by atoms with van der Waals surface area (Å²) in [6.07, 6.45) is 1.06. The Morgan fingerprint density at radius 1 is 1.35 bits per heavy atom. The van der Waals surface area contributed by atoms with E-state index < -0.39 is 16.1 Å². The lowest BCUT2D eigenvalue weighted by Crippen LogP contribution is -2.32. The molecular formula is C10H15N3O3S. The quantitative estimate of drug-likeness (QED) is 0.724. The topological polar surface area (TPSA) is 101 Å². The second-order valence-electron chi connectivity index (χ2n) is 3.73. The molecule has 17 heavy (non-hydrogen) atoms. The van der Waals surface area contributed by atoms with Gasteiger partial charge in [-0.2, -0.15) is 0 Å². The van der Waals surface area contributed by atoms with E-state index in [2.05, 4.69) is 10.0 Å². The van der Waals surface area contributed by atoms with E-state index in [4.69, 9.17) is 5.73 Å². The summed E-state index contributed by atoms with van der Waals surface area (Å²) < 4.78 is 24.4. The van der Waals surface area contributed by atoms with E-state index in [1.165, 1.54) is 6.07 Å². The Kier molecular flexibility index (Phi) is 4.08. The summed E-state index contributed by atoms with van der Waals surface area (Å²) in [7, 11) is -3.33. The molecule has 0 spiro atoms. The highest BCUT2D eigenvalue weighted by Gasteiger charge is 2.08. The summed E-state index contributed by atoms with van der Waals surface area (Å²) in [6, 6.07) is 5.75. The summed E-state index contributed by atoms with van der Waals surface area (Å²) in [5, 5.41) is 2.57. The summed E-state index contributed by atoms with van der Waals surface area (Å²) in [5.74, 6) is -0.332. The van der Waals surface area contributed by atoms with Gasteiger partial charge in [0.1, 0.15) is 0 Å². The Hall–Kier alpha value is -1.60. The number of hydrogen-bond acceptors (Lipinski definition) is 4. The molecule has 0 aliphatic heterocycles. The third kappa shape index (κ3) is 4.83. The molecule has 0 saturated carbocycles. The predicted molar refractivity (Wildman–Crippen MR) is 67.2 cm³/mol. The predicted octanol–water partition coefficient (Wildman–Crippen LogP) is 0.344. The van der Waals surface area contributed by atoms with E-state index in [1.54, 1.807) is 25.1 Å². The van der Waals surface area contributed by atoms with Crippen molar-refractivity contribution < 1.29 is 13.2 Å². The van der Waals surface area contributed by atoms with Crippen molar-refractivity contribution in [3.8, 4) is 0 Å². The van der Waals surface area contributed by atoms with Crippen LogP contribution in [0.1, 0.15) is 6.92 Å². The molecule has 0 bridgehead atoms. The van der Waals surface area contributed by atoms with Crippen molar-refractivity contribution in [3.63, 3.8) is 0 Å². The van der Waals surface area contributed by atoms with Crippen LogP contribution in [0.25, 0.3) is 0 Å². The second kappa shape index (κ2) is 5.15. The fourth-order valence-corrected chi connectivity index (χ4v) is 1.69. The van der Waals surface area contributed by atoms with Crippen molar-refractivity contribution >= 4 is 27.3 Å². The van der Waals surface area contributed by atoms with E-state index in [-0.39, 0.29) is 5.91 Å². The average Bonchev–Trinajstić information content (AvgIpc) is 2.15. The number of anilines is 2. The summed E-state index contributed by atoms with van der Waals surface area (Å²) >= 11 is 0. The second-order valence-corrected chi connectivity index (χ2v) is 5.48. The van der Waals surface area contributed by atoms with Gasteiger partial charge in [0.05, 0.1) is 18.0 Å². The minimum absolute atomic E-state index is 0.332. The first kappa shape index (κ1) is 13.5. The number of benzene rings is 1. The SMILES string of the molecule is CC(N)C(=O)Nc1cccc(NS(C)(=O)=O)c1. The maximum atomic E-state index is 11.3. The normalized spacial score (nSPS) is 12.9. The van der Waals surface area contributed by atoms with E-state index >= 15 is 0 Å². The van der Waals surface area contributed by atoms with E-state index in [9.17, 15) is 13.2 Å². The fraction of sp³-hybridized carbons (Fsp3) is 0.300. The van der Waals surface area contributed by atoms with Crippen LogP contribution in [0.2, 0.25) is 0 Å². The summed E-state index contributed by atoms with van der Waals surface area (Å²) in [4.78, 5) is 11.3. The first-order valence-electron chi connectivity index (χ1n) is 4.92. The molecular weight excluding hydrogens is 242 g/mol. The van der Waals surface area contributed by atoms with Gasteiger partial charge >= 0.3 is 0 Å². The van der Waals surface area contributed by atoms with Gasteiger partial charge in [-0.25, -0.2) is 8.42 Å². The highest BCUT2D eigenvalue weighted by atomic mass is 32.2. The molecule has 1 aromatic rings. The maximum absolute atomic E-state index is 11.3. The van der Waals surface area contributed by atoms with Gasteiger partial charge in [-0.05, 0) is 25.1 Å². The lowest BCUT2D eigenvalue weighted by Gasteiger charge is -2.09. The van der Waals surface area contributed by atoms with Gasteiger partial charge in [-0.3, -0.25) is 9.52 Å². The molecule has 1 aromatic carbocycles. The van der Waals surface area contributed by atoms with Crippen LogP contribution >= 0.6 is 0 Å². The molecule has 1 atom stereocenters. The monoisotopic (exact) mass is 257 g/mol. The summed E-state index contributed by atoms with van der Waals surface area (Å²) in [6.45, 7) is 1.56. The fourth-order valence-electron chi connectivity index (χ4n) is 1.13. The highest BCUT2D eigenvalue weighted by molar-refractivity contribution is 7.92.